The summed E-state index contributed by atoms with van der Waals surface area (Å²) in [6.45, 7) is 4.03. The van der Waals surface area contributed by atoms with Crippen molar-refractivity contribution in [1.82, 2.24) is 24.9 Å². The zero-order valence-corrected chi connectivity index (χ0v) is 13.0. The van der Waals surface area contributed by atoms with Crippen LogP contribution in [0.2, 0.25) is 0 Å². The normalized spacial score (nSPS) is 28.2. The number of nitrogens with zero attached hydrogens (tertiary/aromatic N) is 4. The molecule has 2 heterocycles. The van der Waals surface area contributed by atoms with E-state index in [2.05, 4.69) is 27.3 Å². The van der Waals surface area contributed by atoms with E-state index in [4.69, 9.17) is 0 Å². The third-order valence-electron chi connectivity index (χ3n) is 5.43. The van der Waals surface area contributed by atoms with E-state index in [0.29, 0.717) is 11.7 Å². The predicted octanol–water partition coefficient (Wildman–Crippen LogP) is 1.99. The summed E-state index contributed by atoms with van der Waals surface area (Å²) in [5.74, 6) is 2.77. The molecule has 0 aliphatic heterocycles. The SMILES string of the molecule is Cc1ccnc2nc(C(=O)N[C@@H](C)[C@H]3C[C@@H]4CC[C@H]3C4)nn12. The van der Waals surface area contributed by atoms with Gasteiger partial charge in [-0.25, -0.2) is 9.50 Å². The number of aryl methyl sites for hydroxylation is 1. The van der Waals surface area contributed by atoms with E-state index in [9.17, 15) is 4.79 Å². The van der Waals surface area contributed by atoms with Crippen LogP contribution in [0.5, 0.6) is 0 Å². The van der Waals surface area contributed by atoms with Crippen molar-refractivity contribution in [3.63, 3.8) is 0 Å². The zero-order chi connectivity index (χ0) is 15.3. The third-order valence-corrected chi connectivity index (χ3v) is 5.43. The quantitative estimate of drug-likeness (QED) is 0.940. The Bertz CT molecular complexity index is 724. The van der Waals surface area contributed by atoms with Crippen LogP contribution in [0, 0.1) is 24.7 Å². The van der Waals surface area contributed by atoms with E-state index in [0.717, 1.165) is 17.5 Å². The van der Waals surface area contributed by atoms with Gasteiger partial charge >= 0.3 is 0 Å². The Morgan fingerprint density at radius 1 is 1.41 bits per heavy atom. The fourth-order valence-corrected chi connectivity index (χ4v) is 4.29. The van der Waals surface area contributed by atoms with Crippen LogP contribution >= 0.6 is 0 Å². The minimum absolute atomic E-state index is 0.184. The molecule has 1 N–H and O–H groups in total. The minimum Gasteiger partial charge on any atom is -0.347 e. The van der Waals surface area contributed by atoms with Crippen LogP contribution in [0.3, 0.4) is 0 Å². The van der Waals surface area contributed by atoms with Crippen molar-refractivity contribution in [1.29, 1.82) is 0 Å². The average Bonchev–Trinajstić information content (AvgIpc) is 3.22. The number of aromatic nitrogens is 4. The van der Waals surface area contributed by atoms with Crippen LogP contribution in [0.25, 0.3) is 5.78 Å². The molecule has 2 fully saturated rings. The molecule has 0 radical (unpaired) electrons. The van der Waals surface area contributed by atoms with Crippen molar-refractivity contribution in [2.45, 2.75) is 45.6 Å². The number of rotatable bonds is 3. The van der Waals surface area contributed by atoms with Gasteiger partial charge in [-0.2, -0.15) is 4.98 Å². The van der Waals surface area contributed by atoms with Gasteiger partial charge in [-0.15, -0.1) is 5.10 Å². The molecule has 22 heavy (non-hydrogen) atoms. The number of hydrogen-bond acceptors (Lipinski definition) is 4. The molecule has 2 aromatic rings. The topological polar surface area (TPSA) is 72.2 Å². The van der Waals surface area contributed by atoms with E-state index in [1.54, 1.807) is 10.7 Å². The smallest absolute Gasteiger partial charge is 0.291 e. The lowest BCUT2D eigenvalue weighted by molar-refractivity contribution is 0.0905. The van der Waals surface area contributed by atoms with Crippen LogP contribution in [-0.4, -0.2) is 31.5 Å². The van der Waals surface area contributed by atoms with E-state index < -0.39 is 0 Å². The average molecular weight is 299 g/mol. The lowest BCUT2D eigenvalue weighted by Crippen LogP contribution is -2.40. The summed E-state index contributed by atoms with van der Waals surface area (Å²) in [5.41, 5.74) is 0.915. The first-order valence-corrected chi connectivity index (χ1v) is 8.11. The molecule has 0 aromatic carbocycles. The maximum Gasteiger partial charge on any atom is 0.291 e. The molecule has 0 unspecified atom stereocenters. The van der Waals surface area contributed by atoms with E-state index in [1.807, 2.05) is 13.0 Å². The highest BCUT2D eigenvalue weighted by Crippen LogP contribution is 2.49. The second kappa shape index (κ2) is 5.04. The second-order valence-electron chi connectivity index (χ2n) is 6.83. The summed E-state index contributed by atoms with van der Waals surface area (Å²) in [6, 6.07) is 2.03. The number of fused-ring (bicyclic) bond motifs is 3. The Labute approximate surface area is 129 Å². The van der Waals surface area contributed by atoms with Gasteiger partial charge in [-0.1, -0.05) is 6.42 Å². The van der Waals surface area contributed by atoms with Gasteiger partial charge in [-0.3, -0.25) is 4.79 Å². The highest BCUT2D eigenvalue weighted by molar-refractivity contribution is 5.91. The number of hydrogen-bond donors (Lipinski definition) is 1. The van der Waals surface area contributed by atoms with Gasteiger partial charge in [0.05, 0.1) is 0 Å². The molecule has 2 aromatic heterocycles. The van der Waals surface area contributed by atoms with E-state index in [1.165, 1.54) is 25.7 Å². The van der Waals surface area contributed by atoms with E-state index >= 15 is 0 Å². The van der Waals surface area contributed by atoms with Gasteiger partial charge in [0.15, 0.2) is 0 Å². The first kappa shape index (κ1) is 13.7. The molecule has 4 rings (SSSR count). The standard InChI is InChI=1S/C16H21N5O/c1-9-5-6-17-16-19-14(20-21(9)16)15(22)18-10(2)13-8-11-3-4-12(13)7-11/h5-6,10-13H,3-4,7-8H2,1-2H3,(H,18,22)/t10-,11+,12-,13+/m0/s1. The molecular formula is C16H21N5O. The summed E-state index contributed by atoms with van der Waals surface area (Å²) in [6.07, 6.45) is 6.98. The Hall–Kier alpha value is -1.98. The highest BCUT2D eigenvalue weighted by Gasteiger charge is 2.42. The molecule has 0 spiro atoms. The summed E-state index contributed by atoms with van der Waals surface area (Å²) in [7, 11) is 0. The summed E-state index contributed by atoms with van der Waals surface area (Å²) in [4.78, 5) is 20.8. The Morgan fingerprint density at radius 3 is 2.95 bits per heavy atom. The molecule has 1 amide bonds. The number of carbonyl (C=O) groups is 1. The van der Waals surface area contributed by atoms with Gasteiger partial charge in [0.25, 0.3) is 11.7 Å². The molecule has 2 saturated carbocycles. The number of nitrogens with one attached hydrogen (secondary N) is 1. The van der Waals surface area contributed by atoms with Crippen molar-refractivity contribution < 1.29 is 4.79 Å². The van der Waals surface area contributed by atoms with Gasteiger partial charge in [0.2, 0.25) is 5.82 Å². The lowest BCUT2D eigenvalue weighted by Gasteiger charge is -2.28. The van der Waals surface area contributed by atoms with Crippen molar-refractivity contribution in [2.75, 3.05) is 0 Å². The minimum atomic E-state index is -0.194. The first-order chi connectivity index (χ1) is 10.6. The van der Waals surface area contributed by atoms with Gasteiger partial charge in [0, 0.05) is 17.9 Å². The highest BCUT2D eigenvalue weighted by atomic mass is 16.2. The monoisotopic (exact) mass is 299 g/mol. The van der Waals surface area contributed by atoms with Gasteiger partial charge < -0.3 is 5.32 Å². The molecule has 0 saturated heterocycles. The molecule has 4 atom stereocenters. The van der Waals surface area contributed by atoms with Crippen molar-refractivity contribution in [2.24, 2.45) is 17.8 Å². The summed E-state index contributed by atoms with van der Waals surface area (Å²) >= 11 is 0. The summed E-state index contributed by atoms with van der Waals surface area (Å²) < 4.78 is 1.61. The van der Waals surface area contributed by atoms with E-state index in [-0.39, 0.29) is 17.8 Å². The van der Waals surface area contributed by atoms with Crippen molar-refractivity contribution >= 4 is 11.7 Å². The Morgan fingerprint density at radius 2 is 2.27 bits per heavy atom. The molecular weight excluding hydrogens is 278 g/mol. The maximum atomic E-state index is 12.4. The Balaban J connectivity index is 1.50. The zero-order valence-electron chi connectivity index (χ0n) is 13.0. The summed E-state index contributed by atoms with van der Waals surface area (Å²) in [5, 5.41) is 7.37. The molecule has 2 aliphatic carbocycles. The molecule has 6 heteroatoms. The second-order valence-corrected chi connectivity index (χ2v) is 6.83. The largest absolute Gasteiger partial charge is 0.347 e. The molecule has 2 aliphatic rings. The van der Waals surface area contributed by atoms with Crippen molar-refractivity contribution in [3.05, 3.63) is 23.8 Å². The molecule has 116 valence electrons. The molecule has 2 bridgehead atoms. The number of carbonyl (C=O) groups excluding carboxylic acids is 1. The van der Waals surface area contributed by atoms with Crippen LogP contribution in [-0.2, 0) is 0 Å². The van der Waals surface area contributed by atoms with Crippen LogP contribution in [0.15, 0.2) is 12.3 Å². The maximum absolute atomic E-state index is 12.4. The van der Waals surface area contributed by atoms with Crippen molar-refractivity contribution in [3.8, 4) is 0 Å². The fourth-order valence-electron chi connectivity index (χ4n) is 4.29. The molecule has 6 nitrogen and oxygen atoms in total. The van der Waals surface area contributed by atoms with Gasteiger partial charge in [-0.05, 0) is 56.9 Å². The van der Waals surface area contributed by atoms with Crippen LogP contribution < -0.4 is 5.32 Å². The predicted molar refractivity (Wildman–Crippen MR) is 81.4 cm³/mol. The third kappa shape index (κ3) is 2.17. The number of amides is 1. The van der Waals surface area contributed by atoms with Crippen LogP contribution in [0.1, 0.15) is 48.9 Å². The van der Waals surface area contributed by atoms with Crippen LogP contribution in [0.4, 0.5) is 0 Å². The Kier molecular flexibility index (Phi) is 3.13. The lowest BCUT2D eigenvalue weighted by atomic mass is 9.84. The first-order valence-electron chi connectivity index (χ1n) is 8.11. The van der Waals surface area contributed by atoms with Gasteiger partial charge in [0.1, 0.15) is 0 Å². The fraction of sp³-hybridized carbons (Fsp3) is 0.625.